The fourth-order valence-corrected chi connectivity index (χ4v) is 1.94. The fourth-order valence-electron chi connectivity index (χ4n) is 1.70. The van der Waals surface area contributed by atoms with Crippen molar-refractivity contribution in [2.75, 3.05) is 19.3 Å². The van der Waals surface area contributed by atoms with E-state index in [4.69, 9.17) is 17.3 Å². The maximum atomic E-state index is 12.2. The van der Waals surface area contributed by atoms with Gasteiger partial charge < -0.3 is 16.0 Å². The summed E-state index contributed by atoms with van der Waals surface area (Å²) in [5.74, 6) is -0.522. The van der Waals surface area contributed by atoms with Crippen molar-refractivity contribution in [2.24, 2.45) is 0 Å². The second-order valence-corrected chi connectivity index (χ2v) is 6.17. The van der Waals surface area contributed by atoms with E-state index in [-0.39, 0.29) is 23.9 Å². The van der Waals surface area contributed by atoms with Crippen LogP contribution < -0.4 is 11.1 Å². The Balaban J connectivity index is 2.74. The van der Waals surface area contributed by atoms with Crippen LogP contribution in [0.5, 0.6) is 0 Å². The lowest BCUT2D eigenvalue weighted by molar-refractivity contribution is -0.122. The van der Waals surface area contributed by atoms with Gasteiger partial charge in [0.25, 0.3) is 5.91 Å². The molecule has 0 aromatic heterocycles. The summed E-state index contributed by atoms with van der Waals surface area (Å²) in [6.45, 7) is 5.61. The molecule has 6 heteroatoms. The van der Waals surface area contributed by atoms with E-state index in [1.54, 1.807) is 13.1 Å². The van der Waals surface area contributed by atoms with E-state index in [1.807, 2.05) is 20.8 Å². The minimum absolute atomic E-state index is 0.0253. The lowest BCUT2D eigenvalue weighted by atomic mass is 10.1. The van der Waals surface area contributed by atoms with Crippen LogP contribution in [0.3, 0.4) is 0 Å². The van der Waals surface area contributed by atoms with E-state index in [2.05, 4.69) is 5.32 Å². The Morgan fingerprint density at radius 1 is 1.30 bits per heavy atom. The number of carbonyl (C=O) groups is 2. The Bertz CT molecular complexity index is 503. The zero-order chi connectivity index (χ0) is 15.5. The highest BCUT2D eigenvalue weighted by atomic mass is 35.5. The summed E-state index contributed by atoms with van der Waals surface area (Å²) in [5, 5.41) is 3.19. The standard InChI is InChI=1S/C14H20ClN3O2/c1-14(2,3)17-12(19)8-18(4)13(20)9-5-10(15)7-11(16)6-9/h5-7H,8,16H2,1-4H3,(H,17,19). The normalized spacial score (nSPS) is 11.1. The van der Waals surface area contributed by atoms with E-state index in [0.29, 0.717) is 16.3 Å². The molecule has 1 aromatic carbocycles. The van der Waals surface area contributed by atoms with Gasteiger partial charge in [0.1, 0.15) is 0 Å². The fraction of sp³-hybridized carbons (Fsp3) is 0.429. The van der Waals surface area contributed by atoms with E-state index in [1.165, 1.54) is 17.0 Å². The Hall–Kier alpha value is -1.75. The molecule has 0 fully saturated rings. The Kier molecular flexibility index (Phi) is 5.00. The van der Waals surface area contributed by atoms with Crippen molar-refractivity contribution in [3.63, 3.8) is 0 Å². The third-order valence-electron chi connectivity index (χ3n) is 2.41. The number of carbonyl (C=O) groups excluding carboxylic acids is 2. The van der Waals surface area contributed by atoms with Gasteiger partial charge >= 0.3 is 0 Å². The van der Waals surface area contributed by atoms with Crippen LogP contribution in [-0.2, 0) is 4.79 Å². The number of hydrogen-bond acceptors (Lipinski definition) is 3. The van der Waals surface area contributed by atoms with Crippen LogP contribution in [0.2, 0.25) is 5.02 Å². The van der Waals surface area contributed by atoms with Gasteiger partial charge in [0.05, 0.1) is 6.54 Å². The molecule has 0 aliphatic heterocycles. The number of amides is 2. The van der Waals surface area contributed by atoms with E-state index in [9.17, 15) is 9.59 Å². The Morgan fingerprint density at radius 2 is 1.90 bits per heavy atom. The molecule has 2 amide bonds. The summed E-state index contributed by atoms with van der Waals surface area (Å²) in [4.78, 5) is 25.3. The van der Waals surface area contributed by atoms with Crippen molar-refractivity contribution in [1.29, 1.82) is 0 Å². The average Bonchev–Trinajstić information content (AvgIpc) is 2.23. The van der Waals surface area contributed by atoms with Gasteiger partial charge in [-0.15, -0.1) is 0 Å². The van der Waals surface area contributed by atoms with Gasteiger partial charge in [-0.05, 0) is 39.0 Å². The largest absolute Gasteiger partial charge is 0.399 e. The predicted molar refractivity (Wildman–Crippen MR) is 80.7 cm³/mol. The third kappa shape index (κ3) is 5.09. The molecule has 110 valence electrons. The van der Waals surface area contributed by atoms with Crippen LogP contribution in [0.1, 0.15) is 31.1 Å². The number of nitrogens with two attached hydrogens (primary N) is 1. The zero-order valence-electron chi connectivity index (χ0n) is 12.2. The Morgan fingerprint density at radius 3 is 2.40 bits per heavy atom. The lowest BCUT2D eigenvalue weighted by Crippen LogP contribution is -2.46. The highest BCUT2D eigenvalue weighted by Crippen LogP contribution is 2.17. The first kappa shape index (κ1) is 16.3. The van der Waals surface area contributed by atoms with Crippen molar-refractivity contribution in [1.82, 2.24) is 10.2 Å². The van der Waals surface area contributed by atoms with Gasteiger partial charge in [-0.1, -0.05) is 11.6 Å². The zero-order valence-corrected chi connectivity index (χ0v) is 12.9. The lowest BCUT2D eigenvalue weighted by Gasteiger charge is -2.23. The van der Waals surface area contributed by atoms with Gasteiger partial charge in [0.15, 0.2) is 0 Å². The number of hydrogen-bond donors (Lipinski definition) is 2. The molecule has 0 bridgehead atoms. The van der Waals surface area contributed by atoms with Gasteiger partial charge in [0.2, 0.25) is 5.91 Å². The SMILES string of the molecule is CN(CC(=O)NC(C)(C)C)C(=O)c1cc(N)cc(Cl)c1. The number of rotatable bonds is 3. The van der Waals surface area contributed by atoms with Gasteiger partial charge in [-0.3, -0.25) is 9.59 Å². The predicted octanol–water partition coefficient (Wildman–Crippen LogP) is 1.91. The van der Waals surface area contributed by atoms with E-state index in [0.717, 1.165) is 0 Å². The van der Waals surface area contributed by atoms with Crippen LogP contribution in [0.4, 0.5) is 5.69 Å². The topological polar surface area (TPSA) is 75.4 Å². The molecule has 0 saturated heterocycles. The van der Waals surface area contributed by atoms with Crippen molar-refractivity contribution in [2.45, 2.75) is 26.3 Å². The molecule has 5 nitrogen and oxygen atoms in total. The average molecular weight is 298 g/mol. The molecule has 0 radical (unpaired) electrons. The molecule has 1 aromatic rings. The first-order valence-corrected chi connectivity index (χ1v) is 6.59. The number of benzene rings is 1. The van der Waals surface area contributed by atoms with Gasteiger partial charge in [-0.2, -0.15) is 0 Å². The number of anilines is 1. The molecule has 3 N–H and O–H groups in total. The number of likely N-dealkylation sites (N-methyl/N-ethyl adjacent to an activating group) is 1. The van der Waals surface area contributed by atoms with Crippen molar-refractivity contribution in [3.05, 3.63) is 28.8 Å². The first-order chi connectivity index (χ1) is 9.08. The molecule has 20 heavy (non-hydrogen) atoms. The molecule has 0 heterocycles. The number of nitrogens with zero attached hydrogens (tertiary/aromatic N) is 1. The summed E-state index contributed by atoms with van der Waals surface area (Å²) in [6.07, 6.45) is 0. The minimum atomic E-state index is -0.332. The van der Waals surface area contributed by atoms with E-state index >= 15 is 0 Å². The van der Waals surface area contributed by atoms with Crippen LogP contribution in [0.15, 0.2) is 18.2 Å². The van der Waals surface area contributed by atoms with Crippen LogP contribution >= 0.6 is 11.6 Å². The van der Waals surface area contributed by atoms with Crippen LogP contribution in [-0.4, -0.2) is 35.8 Å². The van der Waals surface area contributed by atoms with Crippen LogP contribution in [0, 0.1) is 0 Å². The summed E-state index contributed by atoms with van der Waals surface area (Å²) in [6, 6.07) is 4.62. The van der Waals surface area contributed by atoms with Gasteiger partial charge in [0, 0.05) is 28.9 Å². The molecule has 0 spiro atoms. The monoisotopic (exact) mass is 297 g/mol. The molecule has 0 unspecified atom stereocenters. The van der Waals surface area contributed by atoms with E-state index < -0.39 is 0 Å². The highest BCUT2D eigenvalue weighted by Gasteiger charge is 2.19. The summed E-state index contributed by atoms with van der Waals surface area (Å²) in [7, 11) is 1.56. The number of nitrogens with one attached hydrogen (secondary N) is 1. The molecular weight excluding hydrogens is 278 g/mol. The number of halogens is 1. The third-order valence-corrected chi connectivity index (χ3v) is 2.63. The number of nitrogen functional groups attached to an aromatic ring is 1. The molecule has 0 atom stereocenters. The molecular formula is C14H20ClN3O2. The maximum absolute atomic E-state index is 12.2. The minimum Gasteiger partial charge on any atom is -0.399 e. The molecule has 0 aliphatic carbocycles. The van der Waals surface area contributed by atoms with Gasteiger partial charge in [-0.25, -0.2) is 0 Å². The van der Waals surface area contributed by atoms with Crippen LogP contribution in [0.25, 0.3) is 0 Å². The highest BCUT2D eigenvalue weighted by molar-refractivity contribution is 6.31. The summed E-state index contributed by atoms with van der Waals surface area (Å²) in [5.41, 5.74) is 6.09. The maximum Gasteiger partial charge on any atom is 0.254 e. The first-order valence-electron chi connectivity index (χ1n) is 6.21. The molecule has 0 aliphatic rings. The van der Waals surface area contributed by atoms with Crippen molar-refractivity contribution < 1.29 is 9.59 Å². The summed E-state index contributed by atoms with van der Waals surface area (Å²) >= 11 is 5.86. The summed E-state index contributed by atoms with van der Waals surface area (Å²) < 4.78 is 0. The van der Waals surface area contributed by atoms with Crippen molar-refractivity contribution in [3.8, 4) is 0 Å². The Labute approximate surface area is 124 Å². The molecule has 0 saturated carbocycles. The second-order valence-electron chi connectivity index (χ2n) is 5.73. The second kappa shape index (κ2) is 6.13. The molecule has 1 rings (SSSR count). The quantitative estimate of drug-likeness (QED) is 0.837. The smallest absolute Gasteiger partial charge is 0.254 e. The van der Waals surface area contributed by atoms with Crippen molar-refractivity contribution >= 4 is 29.1 Å².